The van der Waals surface area contributed by atoms with Gasteiger partial charge in [-0.3, -0.25) is 4.72 Å². The number of piperidine rings is 1. The molecule has 1 fully saturated rings. The van der Waals surface area contributed by atoms with Crippen molar-refractivity contribution in [3.63, 3.8) is 0 Å². The van der Waals surface area contributed by atoms with Gasteiger partial charge in [0, 0.05) is 18.8 Å². The minimum absolute atomic E-state index is 0.415. The van der Waals surface area contributed by atoms with Crippen molar-refractivity contribution in [3.05, 3.63) is 23.8 Å². The predicted molar refractivity (Wildman–Crippen MR) is 78.1 cm³/mol. The number of nitrogens with one attached hydrogen (secondary N) is 1. The Morgan fingerprint density at radius 2 is 2.16 bits per heavy atom. The standard InChI is InChI=1S/C13H21N3O2S/c1-10-4-3-7-16(9-10)19(17,18)15-12-5-6-13(14)11(2)8-12/h5-6,8,10,15H,3-4,7,9,14H2,1-2H3. The Morgan fingerprint density at radius 1 is 1.42 bits per heavy atom. The van der Waals surface area contributed by atoms with Crippen molar-refractivity contribution in [2.45, 2.75) is 26.7 Å². The molecule has 6 heteroatoms. The second-order valence-electron chi connectivity index (χ2n) is 5.28. The maximum atomic E-state index is 12.3. The molecule has 1 aromatic rings. The van der Waals surface area contributed by atoms with E-state index in [1.54, 1.807) is 18.2 Å². The number of nitrogen functional groups attached to an aromatic ring is 1. The first-order chi connectivity index (χ1) is 8.88. The third-order valence-electron chi connectivity index (χ3n) is 3.48. The zero-order valence-electron chi connectivity index (χ0n) is 11.4. The van der Waals surface area contributed by atoms with Gasteiger partial charge in [0.25, 0.3) is 0 Å². The molecule has 2 rings (SSSR count). The first-order valence-electron chi connectivity index (χ1n) is 6.52. The summed E-state index contributed by atoms with van der Waals surface area (Å²) in [5.41, 5.74) is 7.82. The average Bonchev–Trinajstić information content (AvgIpc) is 2.33. The normalized spacial score (nSPS) is 21.3. The highest BCUT2D eigenvalue weighted by molar-refractivity contribution is 7.90. The zero-order chi connectivity index (χ0) is 14.0. The lowest BCUT2D eigenvalue weighted by Crippen LogP contribution is -2.42. The molecule has 0 bridgehead atoms. The summed E-state index contributed by atoms with van der Waals surface area (Å²) in [6.07, 6.45) is 2.01. The maximum absolute atomic E-state index is 12.3. The third kappa shape index (κ3) is 3.39. The van der Waals surface area contributed by atoms with Gasteiger partial charge >= 0.3 is 10.2 Å². The number of aryl methyl sites for hydroxylation is 1. The van der Waals surface area contributed by atoms with Gasteiger partial charge in [-0.05, 0) is 49.4 Å². The van der Waals surface area contributed by atoms with Crippen LogP contribution in [-0.4, -0.2) is 25.8 Å². The van der Waals surface area contributed by atoms with E-state index in [1.807, 2.05) is 6.92 Å². The van der Waals surface area contributed by atoms with Gasteiger partial charge in [0.1, 0.15) is 0 Å². The topological polar surface area (TPSA) is 75.4 Å². The minimum Gasteiger partial charge on any atom is -0.399 e. The Bertz CT molecular complexity index is 557. The van der Waals surface area contributed by atoms with Crippen LogP contribution in [0.3, 0.4) is 0 Å². The molecule has 0 saturated carbocycles. The molecule has 0 amide bonds. The van der Waals surface area contributed by atoms with Crippen molar-refractivity contribution in [2.24, 2.45) is 5.92 Å². The summed E-state index contributed by atoms with van der Waals surface area (Å²) in [6.45, 7) is 5.11. The van der Waals surface area contributed by atoms with Crippen LogP contribution in [0.4, 0.5) is 11.4 Å². The highest BCUT2D eigenvalue weighted by Gasteiger charge is 2.26. The lowest BCUT2D eigenvalue weighted by Gasteiger charge is -2.30. The fourth-order valence-electron chi connectivity index (χ4n) is 2.32. The van der Waals surface area contributed by atoms with E-state index >= 15 is 0 Å². The highest BCUT2D eigenvalue weighted by atomic mass is 32.2. The molecule has 0 aliphatic carbocycles. The van der Waals surface area contributed by atoms with Crippen molar-refractivity contribution in [1.29, 1.82) is 0 Å². The van der Waals surface area contributed by atoms with Crippen LogP contribution >= 0.6 is 0 Å². The molecule has 3 N–H and O–H groups in total. The second kappa shape index (κ2) is 5.38. The van der Waals surface area contributed by atoms with Gasteiger partial charge in [-0.15, -0.1) is 0 Å². The van der Waals surface area contributed by atoms with Gasteiger partial charge < -0.3 is 5.73 Å². The SMILES string of the molecule is Cc1cc(NS(=O)(=O)N2CCCC(C)C2)ccc1N. The van der Waals surface area contributed by atoms with Crippen LogP contribution < -0.4 is 10.5 Å². The fraction of sp³-hybridized carbons (Fsp3) is 0.538. The Balaban J connectivity index is 2.14. The first-order valence-corrected chi connectivity index (χ1v) is 7.96. The van der Waals surface area contributed by atoms with Crippen molar-refractivity contribution in [1.82, 2.24) is 4.31 Å². The van der Waals surface area contributed by atoms with E-state index in [0.717, 1.165) is 18.4 Å². The van der Waals surface area contributed by atoms with E-state index in [4.69, 9.17) is 5.73 Å². The molecule has 1 heterocycles. The summed E-state index contributed by atoms with van der Waals surface area (Å²) < 4.78 is 28.7. The van der Waals surface area contributed by atoms with Crippen LogP contribution in [0, 0.1) is 12.8 Å². The van der Waals surface area contributed by atoms with Crippen molar-refractivity contribution >= 4 is 21.6 Å². The van der Waals surface area contributed by atoms with Crippen LogP contribution in [-0.2, 0) is 10.2 Å². The molecule has 19 heavy (non-hydrogen) atoms. The quantitative estimate of drug-likeness (QED) is 0.833. The van der Waals surface area contributed by atoms with Crippen molar-refractivity contribution in [2.75, 3.05) is 23.5 Å². The largest absolute Gasteiger partial charge is 0.399 e. The van der Waals surface area contributed by atoms with E-state index in [9.17, 15) is 8.42 Å². The molecular formula is C13H21N3O2S. The number of anilines is 2. The van der Waals surface area contributed by atoms with Gasteiger partial charge in [0.05, 0.1) is 5.69 Å². The monoisotopic (exact) mass is 283 g/mol. The van der Waals surface area contributed by atoms with Gasteiger partial charge in [0.15, 0.2) is 0 Å². The number of hydrogen-bond acceptors (Lipinski definition) is 3. The lowest BCUT2D eigenvalue weighted by molar-refractivity contribution is 0.282. The smallest absolute Gasteiger partial charge is 0.301 e. The van der Waals surface area contributed by atoms with Crippen LogP contribution in [0.25, 0.3) is 0 Å². The van der Waals surface area contributed by atoms with Gasteiger partial charge in [-0.2, -0.15) is 12.7 Å². The predicted octanol–water partition coefficient (Wildman–Crippen LogP) is 1.97. The number of nitrogens with two attached hydrogens (primary N) is 1. The molecule has 1 atom stereocenters. The van der Waals surface area contributed by atoms with Crippen LogP contribution in [0.1, 0.15) is 25.3 Å². The number of nitrogens with zero attached hydrogens (tertiary/aromatic N) is 1. The number of benzene rings is 1. The molecular weight excluding hydrogens is 262 g/mol. The van der Waals surface area contributed by atoms with E-state index in [-0.39, 0.29) is 0 Å². The third-order valence-corrected chi connectivity index (χ3v) is 4.98. The Labute approximate surface area is 115 Å². The van der Waals surface area contributed by atoms with E-state index < -0.39 is 10.2 Å². The van der Waals surface area contributed by atoms with Crippen LogP contribution in [0.2, 0.25) is 0 Å². The molecule has 1 aliphatic rings. The summed E-state index contributed by atoms with van der Waals surface area (Å²) in [7, 11) is -3.46. The summed E-state index contributed by atoms with van der Waals surface area (Å²) in [5.74, 6) is 0.415. The van der Waals surface area contributed by atoms with E-state index in [1.165, 1.54) is 4.31 Å². The van der Waals surface area contributed by atoms with Crippen LogP contribution in [0.5, 0.6) is 0 Å². The average molecular weight is 283 g/mol. The molecule has 1 saturated heterocycles. The molecule has 1 aliphatic heterocycles. The Morgan fingerprint density at radius 3 is 2.79 bits per heavy atom. The lowest BCUT2D eigenvalue weighted by atomic mass is 10.0. The second-order valence-corrected chi connectivity index (χ2v) is 6.95. The molecule has 1 unspecified atom stereocenters. The Kier molecular flexibility index (Phi) is 4.01. The van der Waals surface area contributed by atoms with E-state index in [2.05, 4.69) is 11.6 Å². The summed E-state index contributed by atoms with van der Waals surface area (Å²) >= 11 is 0. The van der Waals surface area contributed by atoms with Gasteiger partial charge in [-0.25, -0.2) is 0 Å². The number of hydrogen-bond donors (Lipinski definition) is 2. The molecule has 1 aromatic carbocycles. The summed E-state index contributed by atoms with van der Waals surface area (Å²) in [4.78, 5) is 0. The minimum atomic E-state index is -3.46. The first kappa shape index (κ1) is 14.1. The van der Waals surface area contributed by atoms with Gasteiger partial charge in [0.2, 0.25) is 0 Å². The highest BCUT2D eigenvalue weighted by Crippen LogP contribution is 2.22. The van der Waals surface area contributed by atoms with E-state index in [0.29, 0.717) is 30.4 Å². The zero-order valence-corrected chi connectivity index (χ0v) is 12.2. The maximum Gasteiger partial charge on any atom is 0.301 e. The molecule has 106 valence electrons. The number of rotatable bonds is 3. The van der Waals surface area contributed by atoms with Crippen molar-refractivity contribution in [3.8, 4) is 0 Å². The molecule has 0 spiro atoms. The Hall–Kier alpha value is -1.27. The molecule has 5 nitrogen and oxygen atoms in total. The molecule has 0 radical (unpaired) electrons. The van der Waals surface area contributed by atoms with Crippen LogP contribution in [0.15, 0.2) is 18.2 Å². The fourth-order valence-corrected chi connectivity index (χ4v) is 3.69. The summed E-state index contributed by atoms with van der Waals surface area (Å²) in [5, 5.41) is 0. The van der Waals surface area contributed by atoms with Crippen molar-refractivity contribution < 1.29 is 8.42 Å². The van der Waals surface area contributed by atoms with Gasteiger partial charge in [-0.1, -0.05) is 6.92 Å². The summed E-state index contributed by atoms with van der Waals surface area (Å²) in [6, 6.07) is 5.15. The molecule has 0 aromatic heterocycles.